The lowest BCUT2D eigenvalue weighted by atomic mass is 10.1. The van der Waals surface area contributed by atoms with Gasteiger partial charge >= 0.3 is 0 Å². The van der Waals surface area contributed by atoms with Gasteiger partial charge in [-0.2, -0.15) is 0 Å². The molecule has 0 saturated heterocycles. The molecular formula is C22H21ClN4O3S. The number of aromatic amines is 1. The summed E-state index contributed by atoms with van der Waals surface area (Å²) in [5, 5.41) is 4.16. The number of imidazole rings is 1. The Balaban J connectivity index is 1.38. The Morgan fingerprint density at radius 2 is 2.19 bits per heavy atom. The van der Waals surface area contributed by atoms with Crippen molar-refractivity contribution in [2.45, 2.75) is 18.5 Å². The smallest absolute Gasteiger partial charge is 0.234 e. The number of allylic oxidation sites excluding steroid dienone is 1. The Kier molecular flexibility index (Phi) is 6.48. The Labute approximate surface area is 188 Å². The first kappa shape index (κ1) is 21.3. The van der Waals surface area contributed by atoms with E-state index in [2.05, 4.69) is 27.2 Å². The maximum absolute atomic E-state index is 12.5. The minimum absolute atomic E-state index is 0.173. The second kappa shape index (κ2) is 9.45. The van der Waals surface area contributed by atoms with Gasteiger partial charge in [0.05, 0.1) is 35.8 Å². The molecule has 1 aliphatic heterocycles. The molecule has 2 N–H and O–H groups in total. The van der Waals surface area contributed by atoms with Crippen LogP contribution in [0.15, 0.2) is 58.5 Å². The Morgan fingerprint density at radius 3 is 3.00 bits per heavy atom. The van der Waals surface area contributed by atoms with E-state index in [1.807, 2.05) is 12.3 Å². The average Bonchev–Trinajstić information content (AvgIpc) is 3.17. The van der Waals surface area contributed by atoms with Crippen LogP contribution in [0, 0.1) is 5.92 Å². The molecule has 0 fully saturated rings. The van der Waals surface area contributed by atoms with Crippen molar-refractivity contribution in [3.8, 4) is 11.5 Å². The van der Waals surface area contributed by atoms with E-state index in [0.717, 1.165) is 23.2 Å². The van der Waals surface area contributed by atoms with E-state index < -0.39 is 0 Å². The van der Waals surface area contributed by atoms with Gasteiger partial charge in [-0.25, -0.2) is 4.98 Å². The molecule has 1 unspecified atom stereocenters. The van der Waals surface area contributed by atoms with Crippen LogP contribution in [-0.2, 0) is 4.79 Å². The number of carbonyl (C=O) groups excluding carboxylic acids is 1. The number of H-pyrrole nitrogens is 1. The number of benzene rings is 2. The lowest BCUT2D eigenvalue weighted by molar-refractivity contribution is -0.113. The summed E-state index contributed by atoms with van der Waals surface area (Å²) in [5.41, 5.74) is 2.21. The van der Waals surface area contributed by atoms with Crippen LogP contribution in [0.5, 0.6) is 11.5 Å². The first-order chi connectivity index (χ1) is 15.0. The van der Waals surface area contributed by atoms with Gasteiger partial charge in [-0.1, -0.05) is 30.3 Å². The molecule has 7 nitrogen and oxygen atoms in total. The lowest BCUT2D eigenvalue weighted by Crippen LogP contribution is -2.15. The fraction of sp³-hybridized carbons (Fsp3) is 0.227. The van der Waals surface area contributed by atoms with Crippen LogP contribution in [0.3, 0.4) is 0 Å². The molecule has 3 aromatic rings. The number of rotatable bonds is 7. The number of nitrogens with one attached hydrogen (secondary N) is 2. The summed E-state index contributed by atoms with van der Waals surface area (Å²) in [6, 6.07) is 10.7. The van der Waals surface area contributed by atoms with E-state index >= 15 is 0 Å². The summed E-state index contributed by atoms with van der Waals surface area (Å²) in [4.78, 5) is 24.2. The number of hydrogen-bond donors (Lipinski definition) is 2. The summed E-state index contributed by atoms with van der Waals surface area (Å²) in [5.74, 6) is 2.21. The van der Waals surface area contributed by atoms with Crippen molar-refractivity contribution in [1.82, 2.24) is 9.97 Å². The number of nitrogens with zero attached hydrogens (tertiary/aromatic N) is 2. The highest BCUT2D eigenvalue weighted by Gasteiger charge is 2.15. The third kappa shape index (κ3) is 5.21. The van der Waals surface area contributed by atoms with Crippen LogP contribution in [0.4, 0.5) is 5.69 Å². The molecule has 0 spiro atoms. The Bertz CT molecular complexity index is 1170. The second-order valence-electron chi connectivity index (χ2n) is 7.00. The summed E-state index contributed by atoms with van der Waals surface area (Å²) >= 11 is 7.31. The van der Waals surface area contributed by atoms with Crippen LogP contribution >= 0.6 is 23.4 Å². The highest BCUT2D eigenvalue weighted by Crippen LogP contribution is 2.32. The van der Waals surface area contributed by atoms with Gasteiger partial charge in [0.15, 0.2) is 5.16 Å². The largest absolute Gasteiger partial charge is 0.494 e. The SMILES string of the molecule is COc1cc(OC2=CN=CCC2C)ccc1NC(=O)CSc1nc2ccc(Cl)cc2[nH]1. The van der Waals surface area contributed by atoms with Gasteiger partial charge in [0, 0.05) is 23.2 Å². The monoisotopic (exact) mass is 456 g/mol. The van der Waals surface area contributed by atoms with Crippen molar-refractivity contribution in [1.29, 1.82) is 0 Å². The van der Waals surface area contributed by atoms with E-state index in [-0.39, 0.29) is 17.6 Å². The van der Waals surface area contributed by atoms with E-state index in [1.54, 1.807) is 43.6 Å². The number of carbonyl (C=O) groups is 1. The molecule has 160 valence electrons. The van der Waals surface area contributed by atoms with Crippen LogP contribution in [0.1, 0.15) is 13.3 Å². The van der Waals surface area contributed by atoms with Crippen LogP contribution in [0.2, 0.25) is 5.02 Å². The van der Waals surface area contributed by atoms with Crippen molar-refractivity contribution in [3.05, 3.63) is 53.4 Å². The summed E-state index contributed by atoms with van der Waals surface area (Å²) in [6.07, 6.45) is 4.43. The van der Waals surface area contributed by atoms with Gasteiger partial charge in [0.1, 0.15) is 17.3 Å². The van der Waals surface area contributed by atoms with E-state index in [1.165, 1.54) is 11.8 Å². The average molecular weight is 457 g/mol. The summed E-state index contributed by atoms with van der Waals surface area (Å²) < 4.78 is 11.4. The normalized spacial score (nSPS) is 15.6. The molecule has 1 amide bonds. The van der Waals surface area contributed by atoms with Crippen molar-refractivity contribution >= 4 is 52.2 Å². The van der Waals surface area contributed by atoms with Gasteiger partial charge in [-0.05, 0) is 36.8 Å². The molecule has 31 heavy (non-hydrogen) atoms. The molecule has 0 radical (unpaired) electrons. The molecule has 1 aliphatic rings. The zero-order valence-corrected chi connectivity index (χ0v) is 18.6. The Morgan fingerprint density at radius 1 is 1.32 bits per heavy atom. The first-order valence-electron chi connectivity index (χ1n) is 9.67. The van der Waals surface area contributed by atoms with Crippen LogP contribution in [0.25, 0.3) is 11.0 Å². The highest BCUT2D eigenvalue weighted by molar-refractivity contribution is 7.99. The zero-order chi connectivity index (χ0) is 21.8. The molecule has 1 atom stereocenters. The number of halogens is 1. The predicted octanol–water partition coefficient (Wildman–Crippen LogP) is 5.29. The molecular weight excluding hydrogens is 436 g/mol. The van der Waals surface area contributed by atoms with E-state index in [9.17, 15) is 4.79 Å². The highest BCUT2D eigenvalue weighted by atomic mass is 35.5. The van der Waals surface area contributed by atoms with Crippen LogP contribution in [-0.4, -0.2) is 35.0 Å². The molecule has 4 rings (SSSR count). The van der Waals surface area contributed by atoms with Crippen molar-refractivity contribution in [2.24, 2.45) is 10.9 Å². The van der Waals surface area contributed by atoms with Crippen molar-refractivity contribution < 1.29 is 14.3 Å². The number of methoxy groups -OCH3 is 1. The van der Waals surface area contributed by atoms with Crippen molar-refractivity contribution in [3.63, 3.8) is 0 Å². The van der Waals surface area contributed by atoms with E-state index in [0.29, 0.717) is 27.4 Å². The third-order valence-corrected chi connectivity index (χ3v) is 5.81. The zero-order valence-electron chi connectivity index (χ0n) is 17.0. The maximum atomic E-state index is 12.5. The lowest BCUT2D eigenvalue weighted by Gasteiger charge is -2.18. The van der Waals surface area contributed by atoms with Gasteiger partial charge < -0.3 is 19.8 Å². The topological polar surface area (TPSA) is 88.6 Å². The maximum Gasteiger partial charge on any atom is 0.234 e. The Hall–Kier alpha value is -2.97. The van der Waals surface area contributed by atoms with E-state index in [4.69, 9.17) is 21.1 Å². The minimum Gasteiger partial charge on any atom is -0.494 e. The molecule has 1 aromatic heterocycles. The molecule has 0 aliphatic carbocycles. The standard InChI is InChI=1S/C22H21ClN4O3S/c1-13-7-8-24-11-20(13)30-15-4-6-17(19(10-15)29-2)25-21(28)12-31-22-26-16-5-3-14(23)9-18(16)27-22/h3-6,8-11,13H,7,12H2,1-2H3,(H,25,28)(H,26,27). The number of fused-ring (bicyclic) bond motifs is 1. The van der Waals surface area contributed by atoms with Gasteiger partial charge in [0.2, 0.25) is 5.91 Å². The number of amides is 1. The van der Waals surface area contributed by atoms with Gasteiger partial charge in [0.25, 0.3) is 0 Å². The summed E-state index contributed by atoms with van der Waals surface area (Å²) in [7, 11) is 1.55. The van der Waals surface area contributed by atoms with Crippen LogP contribution < -0.4 is 14.8 Å². The minimum atomic E-state index is -0.173. The fourth-order valence-electron chi connectivity index (χ4n) is 3.04. The van der Waals surface area contributed by atoms with Gasteiger partial charge in [-0.3, -0.25) is 9.79 Å². The quantitative estimate of drug-likeness (QED) is 0.472. The number of ether oxygens (including phenoxy) is 2. The first-order valence-corrected chi connectivity index (χ1v) is 11.0. The molecule has 2 aromatic carbocycles. The molecule has 9 heteroatoms. The van der Waals surface area contributed by atoms with Gasteiger partial charge in [-0.15, -0.1) is 0 Å². The van der Waals surface area contributed by atoms with Crippen molar-refractivity contribution in [2.75, 3.05) is 18.2 Å². The summed E-state index contributed by atoms with van der Waals surface area (Å²) in [6.45, 7) is 2.08. The molecule has 2 heterocycles. The molecule has 0 saturated carbocycles. The number of aromatic nitrogens is 2. The second-order valence-corrected chi connectivity index (χ2v) is 8.40. The predicted molar refractivity (Wildman–Crippen MR) is 124 cm³/mol. The third-order valence-electron chi connectivity index (χ3n) is 4.70. The number of aliphatic imine (C=N–C) groups is 1. The number of anilines is 1. The molecule has 0 bridgehead atoms. The number of thioether (sulfide) groups is 1. The number of hydrogen-bond acceptors (Lipinski definition) is 6. The fourth-order valence-corrected chi connectivity index (χ4v) is 3.89.